The molecule has 0 rings (SSSR count). The minimum absolute atomic E-state index is 0. The van der Waals surface area contributed by atoms with Crippen LogP contribution >= 0.6 is 0 Å². The molecule has 0 aromatic heterocycles. The molecule has 0 fully saturated rings. The van der Waals surface area contributed by atoms with Crippen LogP contribution in [0.1, 0.15) is 1.43 Å². The maximum Gasteiger partial charge on any atom is 2.00 e. The molecule has 0 aliphatic rings. The molecule has 0 radical (unpaired) electrons. The molecule has 0 aromatic rings. The van der Waals surface area contributed by atoms with Gasteiger partial charge in [0.15, 0.2) is 0 Å². The van der Waals surface area contributed by atoms with Gasteiger partial charge in [-0.15, -0.1) is 0 Å². The number of rotatable bonds is 0. The van der Waals surface area contributed by atoms with Crippen LogP contribution < -0.4 is 66.8 Å². The quantitative estimate of drug-likeness (QED) is 0.308. The van der Waals surface area contributed by atoms with Crippen molar-refractivity contribution in [2.75, 3.05) is 0 Å². The number of hydrogen-bond donors (Lipinski definition) is 0. The van der Waals surface area contributed by atoms with Crippen LogP contribution in [-0.4, -0.2) is 37.7 Å². The van der Waals surface area contributed by atoms with Crippen molar-refractivity contribution in [2.45, 2.75) is 0 Å². The van der Waals surface area contributed by atoms with Gasteiger partial charge in [-0.1, -0.05) is 0 Å². The Bertz CT molecular complexity index is 9.61. The molecule has 4 heavy (non-hydrogen) atoms. The van der Waals surface area contributed by atoms with Crippen molar-refractivity contribution in [1.82, 2.24) is 0 Å². The summed E-state index contributed by atoms with van der Waals surface area (Å²) in [5.41, 5.74) is 0. The summed E-state index contributed by atoms with van der Waals surface area (Å²) in [5, 5.41) is 0. The molecular weight excluding hydrogens is 301 g/mol. The molecule has 0 heterocycles. The minimum Gasteiger partial charge on any atom is -1.00 e. The van der Waals surface area contributed by atoms with E-state index in [1.54, 1.807) is 0 Å². The average Bonchev–Trinajstić information content (AvgIpc) is 0. The molecule has 0 saturated carbocycles. The zero-order valence-electron chi connectivity index (χ0n) is 3.46. The van der Waals surface area contributed by atoms with Gasteiger partial charge in [-0.2, -0.15) is 0 Å². The Morgan fingerprint density at radius 3 is 1.00 bits per heavy atom. The smallest absolute Gasteiger partial charge is 1.00 e. The molecule has 4 heteroatoms. The summed E-state index contributed by atoms with van der Waals surface area (Å²) in [4.78, 5) is 0. The second-order valence-corrected chi connectivity index (χ2v) is 0. The van der Waals surface area contributed by atoms with Crippen molar-refractivity contribution in [3.8, 4) is 0 Å². The van der Waals surface area contributed by atoms with Crippen LogP contribution in [0.3, 0.4) is 0 Å². The summed E-state index contributed by atoms with van der Waals surface area (Å²) in [6.07, 6.45) is 0. The molecule has 0 nitrogen and oxygen atoms in total. The first-order chi connectivity index (χ1) is 0. The van der Waals surface area contributed by atoms with Crippen LogP contribution in [0, 0.1) is 0 Å². The van der Waals surface area contributed by atoms with Gasteiger partial charge in [0.2, 0.25) is 0 Å². The third-order valence-corrected chi connectivity index (χ3v) is 0. The van der Waals surface area contributed by atoms with Crippen LogP contribution in [0.4, 0.5) is 0 Å². The van der Waals surface area contributed by atoms with E-state index < -0.39 is 0 Å². The van der Waals surface area contributed by atoms with Gasteiger partial charge in [-0.05, 0) is 0 Å². The van der Waals surface area contributed by atoms with Crippen LogP contribution in [0.25, 0.3) is 0 Å². The van der Waals surface area contributed by atoms with E-state index in [-0.39, 0.29) is 106 Å². The maximum atomic E-state index is 0. The fourth-order valence-electron chi connectivity index (χ4n) is 0. The van der Waals surface area contributed by atoms with E-state index in [2.05, 4.69) is 0 Å². The van der Waals surface area contributed by atoms with Gasteiger partial charge in [-0.25, -0.2) is 0 Å². The topological polar surface area (TPSA) is 0 Å². The van der Waals surface area contributed by atoms with Gasteiger partial charge in [0.25, 0.3) is 0 Å². The summed E-state index contributed by atoms with van der Waals surface area (Å²) in [5.74, 6) is 0. The third-order valence-electron chi connectivity index (χ3n) is 0. The molecule has 0 aliphatic heterocycles. The van der Waals surface area contributed by atoms with Gasteiger partial charge in [-0.3, -0.25) is 0 Å². The van der Waals surface area contributed by atoms with Crippen molar-refractivity contribution < 1.29 is 68.2 Å². The Hall–Kier alpha value is 3.32. The standard InChI is InChI=1S/Ca.2HI.Li.H/h;2*1H;;/q+2;;;+1;-1/p-2. The second-order valence-electron chi connectivity index (χ2n) is 0. The summed E-state index contributed by atoms with van der Waals surface area (Å²) in [6, 6.07) is 0. The molecule has 0 atom stereocenters. The Morgan fingerprint density at radius 2 is 1.00 bits per heavy atom. The van der Waals surface area contributed by atoms with Gasteiger partial charge >= 0.3 is 56.6 Å². The van der Waals surface area contributed by atoms with Crippen molar-refractivity contribution in [1.29, 1.82) is 0 Å². The van der Waals surface area contributed by atoms with Gasteiger partial charge in [0.05, 0.1) is 0 Å². The molecule has 0 N–H and O–H groups in total. The summed E-state index contributed by atoms with van der Waals surface area (Å²) >= 11 is 0. The summed E-state index contributed by atoms with van der Waals surface area (Å²) in [6.45, 7) is 0. The van der Waals surface area contributed by atoms with E-state index in [0.29, 0.717) is 0 Å². The Labute approximate surface area is 104 Å². The second kappa shape index (κ2) is 16.2. The van der Waals surface area contributed by atoms with Gasteiger partial charge in [0.1, 0.15) is 0 Å². The minimum atomic E-state index is 0. The first-order valence-electron chi connectivity index (χ1n) is 0. The third kappa shape index (κ3) is 9.01. The molecule has 0 bridgehead atoms. The Morgan fingerprint density at radius 1 is 1.00 bits per heavy atom. The van der Waals surface area contributed by atoms with E-state index in [1.807, 2.05) is 0 Å². The average molecular weight is 302 g/mol. The first-order valence-corrected chi connectivity index (χ1v) is 0. The van der Waals surface area contributed by atoms with Crippen molar-refractivity contribution in [3.63, 3.8) is 0 Å². The molecule has 0 spiro atoms. The number of halogens is 2. The summed E-state index contributed by atoms with van der Waals surface area (Å²) in [7, 11) is 0. The van der Waals surface area contributed by atoms with Crippen molar-refractivity contribution in [2.24, 2.45) is 0 Å². The van der Waals surface area contributed by atoms with E-state index in [1.165, 1.54) is 0 Å². The van der Waals surface area contributed by atoms with Gasteiger partial charge < -0.3 is 49.4 Å². The predicted octanol–water partition coefficient (Wildman–Crippen LogP) is -9.26. The molecular formula is HCaI2Li. The van der Waals surface area contributed by atoms with Crippen LogP contribution in [0.5, 0.6) is 0 Å². The van der Waals surface area contributed by atoms with Crippen LogP contribution in [-0.2, 0) is 0 Å². The SMILES string of the molecule is [Ca+2].[H-].[I-].[I-].[Li+]. The Balaban J connectivity index is 0. The zero-order valence-corrected chi connectivity index (χ0v) is 8.99. The molecule has 0 amide bonds. The monoisotopic (exact) mass is 302 g/mol. The number of hydrogen-bond acceptors (Lipinski definition) is 0. The fraction of sp³-hybridized carbons (Fsp3) is 0. The van der Waals surface area contributed by atoms with E-state index >= 15 is 0 Å². The van der Waals surface area contributed by atoms with E-state index in [0.717, 1.165) is 0 Å². The molecule has 0 saturated heterocycles. The summed E-state index contributed by atoms with van der Waals surface area (Å²) < 4.78 is 0. The predicted molar refractivity (Wildman–Crippen MR) is 6.87 cm³/mol. The fourth-order valence-corrected chi connectivity index (χ4v) is 0. The van der Waals surface area contributed by atoms with Crippen molar-refractivity contribution in [3.05, 3.63) is 0 Å². The molecule has 0 aliphatic carbocycles. The molecule has 18 valence electrons. The largest absolute Gasteiger partial charge is 2.00 e. The van der Waals surface area contributed by atoms with Gasteiger partial charge in [0, 0.05) is 0 Å². The maximum absolute atomic E-state index is 0. The Kier molecular flexibility index (Phi) is 108. The van der Waals surface area contributed by atoms with E-state index in [9.17, 15) is 0 Å². The first kappa shape index (κ1) is 26.5. The van der Waals surface area contributed by atoms with Crippen LogP contribution in [0.2, 0.25) is 0 Å². The zero-order chi connectivity index (χ0) is 0. The van der Waals surface area contributed by atoms with Crippen LogP contribution in [0.15, 0.2) is 0 Å². The molecule has 0 unspecified atom stereocenters. The normalized spacial score (nSPS) is 0. The van der Waals surface area contributed by atoms with Crippen molar-refractivity contribution >= 4 is 37.7 Å². The molecule has 0 aromatic carbocycles. The van der Waals surface area contributed by atoms with E-state index in [4.69, 9.17) is 0 Å².